The van der Waals surface area contributed by atoms with Gasteiger partial charge in [0.1, 0.15) is 0 Å². The number of benzene rings is 1. The molecule has 0 saturated carbocycles. The van der Waals surface area contributed by atoms with Gasteiger partial charge in [-0.25, -0.2) is 0 Å². The molecule has 0 amide bonds. The fourth-order valence-electron chi connectivity index (χ4n) is 1.56. The molecule has 3 nitrogen and oxygen atoms in total. The van der Waals surface area contributed by atoms with Crippen molar-refractivity contribution in [1.82, 2.24) is 0 Å². The topological polar surface area (TPSA) is 46.5 Å². The number of aryl methyl sites for hydroxylation is 1. The first-order valence-electron chi connectivity index (χ1n) is 5.28. The number of ether oxygens (including phenoxy) is 1. The Morgan fingerprint density at radius 1 is 1.29 bits per heavy atom. The summed E-state index contributed by atoms with van der Waals surface area (Å²) in [4.78, 5) is 10.3. The van der Waals surface area contributed by atoms with Crippen LogP contribution in [0.4, 0.5) is 0 Å². The number of hydrogen-bond donors (Lipinski definition) is 1. The zero-order valence-electron chi connectivity index (χ0n) is 9.50. The molecule has 0 aromatic heterocycles. The molecule has 1 aromatic carbocycles. The van der Waals surface area contributed by atoms with E-state index in [0.717, 1.165) is 18.4 Å². The number of halogens is 2. The molecule has 0 radical (unpaired) electrons. The molecule has 0 aliphatic carbocycles. The maximum Gasteiger partial charge on any atom is 0.303 e. The quantitative estimate of drug-likeness (QED) is 0.804. The van der Waals surface area contributed by atoms with E-state index in [0.29, 0.717) is 22.2 Å². The first-order chi connectivity index (χ1) is 8.04. The number of rotatable bonds is 6. The number of hydrogen-bond acceptors (Lipinski definition) is 2. The molecule has 0 aliphatic heterocycles. The summed E-state index contributed by atoms with van der Waals surface area (Å²) in [5, 5.41) is 9.47. The number of aliphatic carboxylic acids is 1. The van der Waals surface area contributed by atoms with Crippen molar-refractivity contribution in [3.8, 4) is 5.75 Å². The average Bonchev–Trinajstić information content (AvgIpc) is 2.24. The number of carboxylic acids is 1. The van der Waals surface area contributed by atoms with Gasteiger partial charge in [-0.3, -0.25) is 4.79 Å². The maximum absolute atomic E-state index is 10.3. The molecule has 0 atom stereocenters. The molecule has 0 aliphatic rings. The van der Waals surface area contributed by atoms with Crippen molar-refractivity contribution in [2.45, 2.75) is 25.7 Å². The molecule has 0 unspecified atom stereocenters. The molecule has 1 N–H and O–H groups in total. The predicted molar refractivity (Wildman–Crippen MR) is 68.2 cm³/mol. The Hall–Kier alpha value is -0.930. The second kappa shape index (κ2) is 6.72. The summed E-state index contributed by atoms with van der Waals surface area (Å²) in [5.74, 6) is -0.293. The van der Waals surface area contributed by atoms with Gasteiger partial charge in [0, 0.05) is 6.42 Å². The molecule has 0 bridgehead atoms. The van der Waals surface area contributed by atoms with Gasteiger partial charge in [0.2, 0.25) is 0 Å². The highest BCUT2D eigenvalue weighted by Gasteiger charge is 2.08. The molecular formula is C12H14Cl2O3. The predicted octanol–water partition coefficient (Wildman–Crippen LogP) is 3.80. The SMILES string of the molecule is COc1c(Cl)cc(CCCCC(=O)O)cc1Cl. The highest BCUT2D eigenvalue weighted by Crippen LogP contribution is 2.34. The van der Waals surface area contributed by atoms with Crippen LogP contribution in [0.1, 0.15) is 24.8 Å². The van der Waals surface area contributed by atoms with Crippen molar-refractivity contribution in [3.63, 3.8) is 0 Å². The summed E-state index contributed by atoms with van der Waals surface area (Å²) in [6.45, 7) is 0. The highest BCUT2D eigenvalue weighted by atomic mass is 35.5. The number of methoxy groups -OCH3 is 1. The molecule has 5 heteroatoms. The first-order valence-corrected chi connectivity index (χ1v) is 6.04. The normalized spacial score (nSPS) is 10.3. The molecule has 0 fully saturated rings. The lowest BCUT2D eigenvalue weighted by Gasteiger charge is -2.08. The summed E-state index contributed by atoms with van der Waals surface area (Å²) >= 11 is 12.0. The van der Waals surface area contributed by atoms with E-state index in [9.17, 15) is 4.79 Å². The van der Waals surface area contributed by atoms with E-state index < -0.39 is 5.97 Å². The molecule has 1 aromatic rings. The zero-order chi connectivity index (χ0) is 12.8. The van der Waals surface area contributed by atoms with Gasteiger partial charge >= 0.3 is 5.97 Å². The van der Waals surface area contributed by atoms with Gasteiger partial charge in [-0.05, 0) is 37.0 Å². The Morgan fingerprint density at radius 2 is 1.88 bits per heavy atom. The monoisotopic (exact) mass is 276 g/mol. The summed E-state index contributed by atoms with van der Waals surface area (Å²) < 4.78 is 5.05. The van der Waals surface area contributed by atoms with Crippen LogP contribution in [0.15, 0.2) is 12.1 Å². The number of unbranched alkanes of at least 4 members (excludes halogenated alkanes) is 1. The fourth-order valence-corrected chi connectivity index (χ4v) is 2.24. The van der Waals surface area contributed by atoms with Crippen LogP contribution in [0.3, 0.4) is 0 Å². The van der Waals surface area contributed by atoms with E-state index in [2.05, 4.69) is 0 Å². The smallest absolute Gasteiger partial charge is 0.303 e. The Balaban J connectivity index is 2.58. The maximum atomic E-state index is 10.3. The van der Waals surface area contributed by atoms with Crippen molar-refractivity contribution in [1.29, 1.82) is 0 Å². The summed E-state index contributed by atoms with van der Waals surface area (Å²) in [5.41, 5.74) is 0.992. The molecule has 0 saturated heterocycles. The van der Waals surface area contributed by atoms with Gasteiger partial charge in [-0.1, -0.05) is 23.2 Å². The standard InChI is InChI=1S/C12H14Cl2O3/c1-17-12-9(13)6-8(7-10(12)14)4-2-3-5-11(15)16/h6-7H,2-5H2,1H3,(H,15,16). The van der Waals surface area contributed by atoms with Crippen LogP contribution < -0.4 is 4.74 Å². The van der Waals surface area contributed by atoms with Crippen molar-refractivity contribution in [2.24, 2.45) is 0 Å². The van der Waals surface area contributed by atoms with E-state index in [-0.39, 0.29) is 6.42 Å². The third-order valence-electron chi connectivity index (χ3n) is 2.37. The van der Waals surface area contributed by atoms with Gasteiger partial charge in [0.15, 0.2) is 5.75 Å². The molecule has 17 heavy (non-hydrogen) atoms. The molecular weight excluding hydrogens is 263 g/mol. The molecule has 0 spiro atoms. The van der Waals surface area contributed by atoms with Crippen LogP contribution in [0.2, 0.25) is 10.0 Å². The van der Waals surface area contributed by atoms with Crippen LogP contribution in [-0.4, -0.2) is 18.2 Å². The van der Waals surface area contributed by atoms with Crippen LogP contribution in [0.5, 0.6) is 5.75 Å². The van der Waals surface area contributed by atoms with Gasteiger partial charge < -0.3 is 9.84 Å². The summed E-state index contributed by atoms with van der Waals surface area (Å²) in [6.07, 6.45) is 2.40. The van der Waals surface area contributed by atoms with E-state index in [4.69, 9.17) is 33.0 Å². The first kappa shape index (κ1) is 14.1. The van der Waals surface area contributed by atoms with E-state index >= 15 is 0 Å². The zero-order valence-corrected chi connectivity index (χ0v) is 11.0. The second-order valence-electron chi connectivity index (χ2n) is 3.69. The van der Waals surface area contributed by atoms with Crippen LogP contribution in [0, 0.1) is 0 Å². The molecule has 1 rings (SSSR count). The van der Waals surface area contributed by atoms with E-state index in [1.807, 2.05) is 0 Å². The molecule has 0 heterocycles. The number of carbonyl (C=O) groups is 1. The lowest BCUT2D eigenvalue weighted by atomic mass is 10.1. The largest absolute Gasteiger partial charge is 0.494 e. The van der Waals surface area contributed by atoms with Gasteiger partial charge in [-0.15, -0.1) is 0 Å². The minimum Gasteiger partial charge on any atom is -0.494 e. The van der Waals surface area contributed by atoms with Gasteiger partial charge in [-0.2, -0.15) is 0 Å². The Kier molecular flexibility index (Phi) is 5.59. The summed E-state index contributed by atoms with van der Waals surface area (Å²) in [7, 11) is 1.51. The summed E-state index contributed by atoms with van der Waals surface area (Å²) in [6, 6.07) is 3.60. The minimum absolute atomic E-state index is 0.192. The lowest BCUT2D eigenvalue weighted by molar-refractivity contribution is -0.137. The second-order valence-corrected chi connectivity index (χ2v) is 4.51. The van der Waals surface area contributed by atoms with Crippen molar-refractivity contribution in [2.75, 3.05) is 7.11 Å². The van der Waals surface area contributed by atoms with E-state index in [1.54, 1.807) is 12.1 Å². The average molecular weight is 277 g/mol. The Labute approximate surface area is 110 Å². The molecule has 94 valence electrons. The van der Waals surface area contributed by atoms with Crippen LogP contribution in [-0.2, 0) is 11.2 Å². The Morgan fingerprint density at radius 3 is 2.35 bits per heavy atom. The van der Waals surface area contributed by atoms with Gasteiger partial charge in [0.05, 0.1) is 17.2 Å². The van der Waals surface area contributed by atoms with Gasteiger partial charge in [0.25, 0.3) is 0 Å². The Bertz CT molecular complexity index is 382. The highest BCUT2D eigenvalue weighted by molar-refractivity contribution is 6.37. The fraction of sp³-hybridized carbons (Fsp3) is 0.417. The third-order valence-corrected chi connectivity index (χ3v) is 2.93. The van der Waals surface area contributed by atoms with Crippen LogP contribution in [0.25, 0.3) is 0 Å². The van der Waals surface area contributed by atoms with Crippen molar-refractivity contribution >= 4 is 29.2 Å². The number of carboxylic acid groups (broad SMARTS) is 1. The third kappa shape index (κ3) is 4.44. The van der Waals surface area contributed by atoms with E-state index in [1.165, 1.54) is 7.11 Å². The lowest BCUT2D eigenvalue weighted by Crippen LogP contribution is -1.95. The van der Waals surface area contributed by atoms with Crippen molar-refractivity contribution < 1.29 is 14.6 Å². The van der Waals surface area contributed by atoms with Crippen molar-refractivity contribution in [3.05, 3.63) is 27.7 Å². The minimum atomic E-state index is -0.768. The van der Waals surface area contributed by atoms with Crippen LogP contribution >= 0.6 is 23.2 Å².